The first-order valence-corrected chi connectivity index (χ1v) is 6.06. The Morgan fingerprint density at radius 1 is 1.58 bits per heavy atom. The third kappa shape index (κ3) is 16.4. The first-order valence-electron chi connectivity index (χ1n) is 5.68. The van der Waals surface area contributed by atoms with Gasteiger partial charge in [-0.3, -0.25) is 4.79 Å². The molecule has 0 aliphatic rings. The highest BCUT2D eigenvalue weighted by atomic mass is 35.5. The number of allylic oxidation sites excluding steroid dienone is 2. The SMILES string of the molecule is C/C(N)=C/C=O.CCOC.CNc1cccc(Cl)n1. The molecule has 0 aliphatic heterocycles. The van der Waals surface area contributed by atoms with Gasteiger partial charge >= 0.3 is 0 Å². The summed E-state index contributed by atoms with van der Waals surface area (Å²) in [4.78, 5) is 13.4. The van der Waals surface area contributed by atoms with Gasteiger partial charge < -0.3 is 15.8 Å². The number of aldehydes is 1. The Labute approximate surface area is 119 Å². The second-order valence-electron chi connectivity index (χ2n) is 3.22. The van der Waals surface area contributed by atoms with Crippen molar-refractivity contribution in [2.24, 2.45) is 5.73 Å². The molecule has 19 heavy (non-hydrogen) atoms. The molecule has 0 spiro atoms. The summed E-state index contributed by atoms with van der Waals surface area (Å²) in [6, 6.07) is 5.44. The van der Waals surface area contributed by atoms with Crippen LogP contribution < -0.4 is 11.1 Å². The molecule has 5 nitrogen and oxygen atoms in total. The molecule has 6 heteroatoms. The van der Waals surface area contributed by atoms with E-state index in [9.17, 15) is 4.79 Å². The predicted molar refractivity (Wildman–Crippen MR) is 80.4 cm³/mol. The van der Waals surface area contributed by atoms with Gasteiger partial charge in [0.05, 0.1) is 0 Å². The minimum atomic E-state index is 0.516. The van der Waals surface area contributed by atoms with E-state index in [0.717, 1.165) is 12.4 Å². The number of halogens is 1. The van der Waals surface area contributed by atoms with Crippen LogP contribution in [0.2, 0.25) is 5.15 Å². The summed E-state index contributed by atoms with van der Waals surface area (Å²) >= 11 is 5.57. The summed E-state index contributed by atoms with van der Waals surface area (Å²) in [6.07, 6.45) is 1.97. The molecule has 1 rings (SSSR count). The third-order valence-electron chi connectivity index (χ3n) is 1.59. The van der Waals surface area contributed by atoms with Gasteiger partial charge in [0.2, 0.25) is 0 Å². The Bertz CT molecular complexity index is 365. The van der Waals surface area contributed by atoms with Crippen molar-refractivity contribution in [2.75, 3.05) is 26.1 Å². The molecule has 1 heterocycles. The number of rotatable bonds is 3. The van der Waals surface area contributed by atoms with Gasteiger partial charge in [0.25, 0.3) is 0 Å². The highest BCUT2D eigenvalue weighted by Crippen LogP contribution is 2.07. The zero-order chi connectivity index (χ0) is 15.1. The smallest absolute Gasteiger partial charge is 0.144 e. The van der Waals surface area contributed by atoms with Crippen molar-refractivity contribution in [3.05, 3.63) is 35.1 Å². The van der Waals surface area contributed by atoms with Crippen molar-refractivity contribution in [1.82, 2.24) is 4.98 Å². The van der Waals surface area contributed by atoms with Crippen LogP contribution >= 0.6 is 11.6 Å². The highest BCUT2D eigenvalue weighted by molar-refractivity contribution is 6.29. The van der Waals surface area contributed by atoms with E-state index in [1.807, 2.05) is 19.1 Å². The summed E-state index contributed by atoms with van der Waals surface area (Å²) in [5, 5.41) is 3.39. The molecule has 1 aromatic heterocycles. The first kappa shape index (κ1) is 19.7. The number of methoxy groups -OCH3 is 1. The Balaban J connectivity index is 0. The van der Waals surface area contributed by atoms with E-state index in [1.54, 1.807) is 27.1 Å². The Morgan fingerprint density at radius 3 is 2.37 bits per heavy atom. The van der Waals surface area contributed by atoms with Crippen molar-refractivity contribution in [3.63, 3.8) is 0 Å². The summed E-state index contributed by atoms with van der Waals surface area (Å²) in [7, 11) is 3.48. The van der Waals surface area contributed by atoms with Crippen molar-refractivity contribution >= 4 is 23.7 Å². The molecule has 0 radical (unpaired) electrons. The quantitative estimate of drug-likeness (QED) is 0.507. The monoisotopic (exact) mass is 287 g/mol. The van der Waals surface area contributed by atoms with Crippen molar-refractivity contribution in [1.29, 1.82) is 0 Å². The molecule has 0 unspecified atom stereocenters. The van der Waals surface area contributed by atoms with Gasteiger partial charge in [0, 0.05) is 26.5 Å². The normalized spacial score (nSPS) is 9.42. The molecular weight excluding hydrogens is 266 g/mol. The molecule has 0 bridgehead atoms. The molecule has 108 valence electrons. The molecule has 0 atom stereocenters. The summed E-state index contributed by atoms with van der Waals surface area (Å²) in [5.41, 5.74) is 5.58. The van der Waals surface area contributed by atoms with Crippen LogP contribution in [0.15, 0.2) is 30.0 Å². The van der Waals surface area contributed by atoms with Crippen LogP contribution in [0.1, 0.15) is 13.8 Å². The largest absolute Gasteiger partial charge is 0.402 e. The molecular formula is C13H22ClN3O2. The van der Waals surface area contributed by atoms with Gasteiger partial charge in [-0.15, -0.1) is 0 Å². The average Bonchev–Trinajstić information content (AvgIpc) is 2.39. The molecule has 0 aromatic carbocycles. The molecule has 3 N–H and O–H groups in total. The third-order valence-corrected chi connectivity index (χ3v) is 1.80. The number of carbonyl (C=O) groups excluding carboxylic acids is 1. The van der Waals surface area contributed by atoms with Gasteiger partial charge in [-0.2, -0.15) is 0 Å². The number of nitrogens with one attached hydrogen (secondary N) is 1. The van der Waals surface area contributed by atoms with Crippen LogP contribution in [0.5, 0.6) is 0 Å². The van der Waals surface area contributed by atoms with E-state index < -0.39 is 0 Å². The lowest BCUT2D eigenvalue weighted by Crippen LogP contribution is -1.90. The fourth-order valence-corrected chi connectivity index (χ4v) is 0.819. The van der Waals surface area contributed by atoms with E-state index in [-0.39, 0.29) is 0 Å². The van der Waals surface area contributed by atoms with Crippen LogP contribution in [0, 0.1) is 0 Å². The van der Waals surface area contributed by atoms with Crippen molar-refractivity contribution in [3.8, 4) is 0 Å². The number of nitrogens with zero attached hydrogens (tertiary/aromatic N) is 1. The van der Waals surface area contributed by atoms with Gasteiger partial charge in [-0.05, 0) is 32.1 Å². The lowest BCUT2D eigenvalue weighted by molar-refractivity contribution is -0.104. The number of hydrogen-bond acceptors (Lipinski definition) is 5. The minimum absolute atomic E-state index is 0.516. The van der Waals surface area contributed by atoms with Crippen LogP contribution in [-0.2, 0) is 9.53 Å². The van der Waals surface area contributed by atoms with E-state index in [2.05, 4.69) is 15.0 Å². The number of anilines is 1. The number of nitrogens with two attached hydrogens (primary N) is 1. The molecule has 0 aliphatic carbocycles. The number of carbonyl (C=O) groups is 1. The Kier molecular flexibility index (Phi) is 15.0. The van der Waals surface area contributed by atoms with Gasteiger partial charge in [-0.25, -0.2) is 4.98 Å². The van der Waals surface area contributed by atoms with Crippen LogP contribution in [-0.4, -0.2) is 32.0 Å². The van der Waals surface area contributed by atoms with Crippen molar-refractivity contribution < 1.29 is 9.53 Å². The number of ether oxygens (including phenoxy) is 1. The van der Waals surface area contributed by atoms with Gasteiger partial charge in [-0.1, -0.05) is 17.7 Å². The fourth-order valence-electron chi connectivity index (χ4n) is 0.655. The lowest BCUT2D eigenvalue weighted by atomic mass is 10.5. The maximum absolute atomic E-state index is 9.46. The summed E-state index contributed by atoms with van der Waals surface area (Å²) in [6.45, 7) is 4.44. The maximum atomic E-state index is 9.46. The van der Waals surface area contributed by atoms with E-state index in [1.165, 1.54) is 6.08 Å². The second kappa shape index (κ2) is 14.5. The van der Waals surface area contributed by atoms with Gasteiger partial charge in [0.15, 0.2) is 0 Å². The van der Waals surface area contributed by atoms with Crippen LogP contribution in [0.4, 0.5) is 5.82 Å². The van der Waals surface area contributed by atoms with Crippen molar-refractivity contribution in [2.45, 2.75) is 13.8 Å². The number of pyridine rings is 1. The standard InChI is InChI=1S/C6H7ClN2.C4H7NO.C3H8O/c1-8-6-4-2-3-5(7)9-6;1-4(5)2-3-6;1-3-4-2/h2-4H,1H3,(H,8,9);2-3H,5H2,1H3;3H2,1-2H3/b;4-2-;. The Morgan fingerprint density at radius 2 is 2.16 bits per heavy atom. The summed E-state index contributed by atoms with van der Waals surface area (Å²) < 4.78 is 4.54. The van der Waals surface area contributed by atoms with E-state index in [0.29, 0.717) is 17.1 Å². The average molecular weight is 288 g/mol. The number of hydrogen-bond donors (Lipinski definition) is 2. The molecule has 0 saturated heterocycles. The second-order valence-corrected chi connectivity index (χ2v) is 3.61. The zero-order valence-electron chi connectivity index (χ0n) is 11.8. The molecule has 1 aromatic rings. The van der Waals surface area contributed by atoms with Crippen LogP contribution in [0.3, 0.4) is 0 Å². The lowest BCUT2D eigenvalue weighted by Gasteiger charge is -1.95. The minimum Gasteiger partial charge on any atom is -0.402 e. The number of aromatic nitrogens is 1. The predicted octanol–water partition coefficient (Wildman–Crippen LogP) is 2.48. The highest BCUT2D eigenvalue weighted by Gasteiger charge is 1.88. The van der Waals surface area contributed by atoms with E-state index in [4.69, 9.17) is 17.3 Å². The van der Waals surface area contributed by atoms with E-state index >= 15 is 0 Å². The van der Waals surface area contributed by atoms with Crippen LogP contribution in [0.25, 0.3) is 0 Å². The Hall–Kier alpha value is -1.59. The summed E-state index contributed by atoms with van der Waals surface area (Å²) in [5.74, 6) is 0.794. The maximum Gasteiger partial charge on any atom is 0.144 e. The topological polar surface area (TPSA) is 77.2 Å². The fraction of sp³-hybridized carbons (Fsp3) is 0.385. The van der Waals surface area contributed by atoms with Gasteiger partial charge in [0.1, 0.15) is 17.3 Å². The molecule has 0 amide bonds. The zero-order valence-corrected chi connectivity index (χ0v) is 12.6. The molecule has 0 fully saturated rings. The molecule has 0 saturated carbocycles. The first-order chi connectivity index (χ1) is 9.01.